The minimum atomic E-state index is 0.429. The van der Waals surface area contributed by atoms with Crippen LogP contribution in [0.5, 0.6) is 0 Å². The molecule has 3 N–H and O–H groups in total. The van der Waals surface area contributed by atoms with Crippen LogP contribution in [0.25, 0.3) is 0 Å². The molecule has 2 aliphatic rings. The zero-order valence-corrected chi connectivity index (χ0v) is 11.0. The van der Waals surface area contributed by atoms with Crippen LogP contribution in [0.4, 0.5) is 0 Å². The number of rotatable bonds is 4. The SMILES string of the molecule is CSC1(CN=C(N)NC2CCCCC2)CC1. The smallest absolute Gasteiger partial charge is 0.188 e. The molecule has 3 nitrogen and oxygen atoms in total. The van der Waals surface area contributed by atoms with Crippen molar-refractivity contribution in [1.82, 2.24) is 5.32 Å². The predicted octanol–water partition coefficient (Wildman–Crippen LogP) is 2.12. The van der Waals surface area contributed by atoms with Gasteiger partial charge in [-0.2, -0.15) is 11.8 Å². The van der Waals surface area contributed by atoms with E-state index in [9.17, 15) is 0 Å². The van der Waals surface area contributed by atoms with Gasteiger partial charge in [-0.05, 0) is 31.9 Å². The maximum atomic E-state index is 5.92. The second-order valence-corrected chi connectivity index (χ2v) is 6.34. The Hall–Kier alpha value is -0.380. The van der Waals surface area contributed by atoms with Crippen molar-refractivity contribution in [2.24, 2.45) is 10.7 Å². The molecule has 0 unspecified atom stereocenters. The summed E-state index contributed by atoms with van der Waals surface area (Å²) in [5.41, 5.74) is 5.92. The lowest BCUT2D eigenvalue weighted by atomic mass is 9.96. The molecule has 92 valence electrons. The zero-order chi connectivity index (χ0) is 11.4. The normalized spacial score (nSPS) is 25.4. The maximum Gasteiger partial charge on any atom is 0.188 e. The Bertz CT molecular complexity index is 255. The molecule has 0 radical (unpaired) electrons. The minimum absolute atomic E-state index is 0.429. The van der Waals surface area contributed by atoms with Crippen molar-refractivity contribution in [2.45, 2.75) is 55.7 Å². The Morgan fingerprint density at radius 1 is 1.38 bits per heavy atom. The molecule has 0 saturated heterocycles. The van der Waals surface area contributed by atoms with Crippen LogP contribution < -0.4 is 11.1 Å². The Morgan fingerprint density at radius 3 is 2.62 bits per heavy atom. The Balaban J connectivity index is 1.73. The van der Waals surface area contributed by atoms with E-state index in [2.05, 4.69) is 16.6 Å². The van der Waals surface area contributed by atoms with E-state index in [1.807, 2.05) is 11.8 Å². The van der Waals surface area contributed by atoms with Crippen LogP contribution >= 0.6 is 11.8 Å². The molecule has 0 atom stereocenters. The van der Waals surface area contributed by atoms with Gasteiger partial charge in [-0.1, -0.05) is 19.3 Å². The summed E-state index contributed by atoms with van der Waals surface area (Å²) in [6.07, 6.45) is 11.3. The molecular formula is C12H23N3S. The Kier molecular flexibility index (Phi) is 4.00. The van der Waals surface area contributed by atoms with E-state index in [4.69, 9.17) is 5.73 Å². The van der Waals surface area contributed by atoms with Gasteiger partial charge in [0.2, 0.25) is 0 Å². The highest BCUT2D eigenvalue weighted by molar-refractivity contribution is 8.00. The van der Waals surface area contributed by atoms with Crippen LogP contribution in [-0.4, -0.2) is 29.5 Å². The summed E-state index contributed by atoms with van der Waals surface area (Å²) in [4.78, 5) is 4.49. The summed E-state index contributed by atoms with van der Waals surface area (Å²) >= 11 is 1.94. The van der Waals surface area contributed by atoms with E-state index in [0.717, 1.165) is 6.54 Å². The first-order valence-corrected chi connectivity index (χ1v) is 7.58. The number of hydrogen-bond acceptors (Lipinski definition) is 2. The van der Waals surface area contributed by atoms with Gasteiger partial charge in [0.15, 0.2) is 5.96 Å². The van der Waals surface area contributed by atoms with Crippen LogP contribution in [0.1, 0.15) is 44.9 Å². The topological polar surface area (TPSA) is 50.4 Å². The summed E-state index contributed by atoms with van der Waals surface area (Å²) in [5, 5.41) is 3.36. The molecule has 16 heavy (non-hydrogen) atoms. The molecule has 2 saturated carbocycles. The van der Waals surface area contributed by atoms with E-state index in [1.54, 1.807) is 0 Å². The highest BCUT2D eigenvalue weighted by atomic mass is 32.2. The fourth-order valence-corrected chi connectivity index (χ4v) is 3.00. The molecule has 0 spiro atoms. The molecule has 4 heteroatoms. The summed E-state index contributed by atoms with van der Waals surface area (Å²) in [7, 11) is 0. The number of thioether (sulfide) groups is 1. The second-order valence-electron chi connectivity index (χ2n) is 5.07. The van der Waals surface area contributed by atoms with Gasteiger partial charge in [0.25, 0.3) is 0 Å². The quantitative estimate of drug-likeness (QED) is 0.585. The number of nitrogens with two attached hydrogens (primary N) is 1. The number of nitrogens with one attached hydrogen (secondary N) is 1. The van der Waals surface area contributed by atoms with E-state index < -0.39 is 0 Å². The molecule has 0 bridgehead atoms. The first kappa shape index (κ1) is 12.1. The molecule has 0 aromatic rings. The minimum Gasteiger partial charge on any atom is -0.370 e. The van der Waals surface area contributed by atoms with E-state index >= 15 is 0 Å². The highest BCUT2D eigenvalue weighted by Gasteiger charge is 2.41. The average Bonchev–Trinajstić information content (AvgIpc) is 3.09. The average molecular weight is 241 g/mol. The van der Waals surface area contributed by atoms with Gasteiger partial charge < -0.3 is 11.1 Å². The molecule has 0 amide bonds. The van der Waals surface area contributed by atoms with Crippen molar-refractivity contribution in [3.05, 3.63) is 0 Å². The Morgan fingerprint density at radius 2 is 2.06 bits per heavy atom. The molecule has 0 aromatic heterocycles. The van der Waals surface area contributed by atoms with E-state index in [-0.39, 0.29) is 0 Å². The monoisotopic (exact) mass is 241 g/mol. The lowest BCUT2D eigenvalue weighted by molar-refractivity contribution is 0.412. The third kappa shape index (κ3) is 3.30. The number of hydrogen-bond donors (Lipinski definition) is 2. The van der Waals surface area contributed by atoms with Gasteiger partial charge in [0.05, 0.1) is 6.54 Å². The third-order valence-corrected chi connectivity index (χ3v) is 5.14. The highest BCUT2D eigenvalue weighted by Crippen LogP contribution is 2.47. The largest absolute Gasteiger partial charge is 0.370 e. The first-order valence-electron chi connectivity index (χ1n) is 6.36. The number of nitrogens with zero attached hydrogens (tertiary/aromatic N) is 1. The summed E-state index contributed by atoms with van der Waals surface area (Å²) in [5.74, 6) is 0.659. The molecule has 0 heterocycles. The van der Waals surface area contributed by atoms with Gasteiger partial charge in [-0.3, -0.25) is 4.99 Å². The van der Waals surface area contributed by atoms with Crippen molar-refractivity contribution in [3.8, 4) is 0 Å². The third-order valence-electron chi connectivity index (χ3n) is 3.74. The van der Waals surface area contributed by atoms with E-state index in [1.165, 1.54) is 44.9 Å². The van der Waals surface area contributed by atoms with Gasteiger partial charge in [-0.15, -0.1) is 0 Å². The lowest BCUT2D eigenvalue weighted by Gasteiger charge is -2.23. The molecule has 0 aromatic carbocycles. The molecule has 2 rings (SSSR count). The van der Waals surface area contributed by atoms with Crippen LogP contribution in [0.3, 0.4) is 0 Å². The summed E-state index contributed by atoms with van der Waals surface area (Å²) in [6, 6.07) is 0.571. The molecule has 0 aliphatic heterocycles. The van der Waals surface area contributed by atoms with Gasteiger partial charge >= 0.3 is 0 Å². The predicted molar refractivity (Wildman–Crippen MR) is 72.0 cm³/mol. The maximum absolute atomic E-state index is 5.92. The van der Waals surface area contributed by atoms with Crippen molar-refractivity contribution in [2.75, 3.05) is 12.8 Å². The lowest BCUT2D eigenvalue weighted by Crippen LogP contribution is -2.41. The van der Waals surface area contributed by atoms with E-state index in [0.29, 0.717) is 16.7 Å². The van der Waals surface area contributed by atoms with Crippen molar-refractivity contribution in [1.29, 1.82) is 0 Å². The van der Waals surface area contributed by atoms with Crippen LogP contribution in [-0.2, 0) is 0 Å². The van der Waals surface area contributed by atoms with Crippen LogP contribution in [0, 0.1) is 0 Å². The molecule has 2 fully saturated rings. The standard InChI is InChI=1S/C12H23N3S/c1-16-12(7-8-12)9-14-11(13)15-10-5-3-2-4-6-10/h10H,2-9H2,1H3,(H3,13,14,15). The fourth-order valence-electron chi connectivity index (χ4n) is 2.30. The van der Waals surface area contributed by atoms with Gasteiger partial charge in [0.1, 0.15) is 0 Å². The number of aliphatic imine (C=N–C) groups is 1. The van der Waals surface area contributed by atoms with Crippen molar-refractivity contribution in [3.63, 3.8) is 0 Å². The summed E-state index contributed by atoms with van der Waals surface area (Å²) < 4.78 is 0.429. The molecule has 2 aliphatic carbocycles. The van der Waals surface area contributed by atoms with Gasteiger partial charge in [0, 0.05) is 10.8 Å². The zero-order valence-electron chi connectivity index (χ0n) is 10.2. The second kappa shape index (κ2) is 5.30. The Labute approximate surface area is 103 Å². The van der Waals surface area contributed by atoms with Crippen molar-refractivity contribution >= 4 is 17.7 Å². The number of guanidine groups is 1. The molecular weight excluding hydrogens is 218 g/mol. The first-order chi connectivity index (χ1) is 7.74. The fraction of sp³-hybridized carbons (Fsp3) is 0.917. The summed E-state index contributed by atoms with van der Waals surface area (Å²) in [6.45, 7) is 0.889. The van der Waals surface area contributed by atoms with Crippen LogP contribution in [0.2, 0.25) is 0 Å². The van der Waals surface area contributed by atoms with Crippen LogP contribution in [0.15, 0.2) is 4.99 Å². The van der Waals surface area contributed by atoms with Crippen molar-refractivity contribution < 1.29 is 0 Å². The van der Waals surface area contributed by atoms with Gasteiger partial charge in [-0.25, -0.2) is 0 Å².